The fourth-order valence-corrected chi connectivity index (χ4v) is 1.59. The number of carbonyl (C=O) groups is 1. The van der Waals surface area contributed by atoms with Gasteiger partial charge >= 0.3 is 5.97 Å². The second-order valence-corrected chi connectivity index (χ2v) is 4.64. The lowest BCUT2D eigenvalue weighted by atomic mass is 10.0. The van der Waals surface area contributed by atoms with E-state index in [9.17, 15) is 4.79 Å². The minimum absolute atomic E-state index is 0.263. The van der Waals surface area contributed by atoms with Gasteiger partial charge in [0, 0.05) is 0 Å². The highest BCUT2D eigenvalue weighted by atomic mass is 16.4. The lowest BCUT2D eigenvalue weighted by molar-refractivity contribution is -0.138. The van der Waals surface area contributed by atoms with E-state index in [4.69, 9.17) is 10.4 Å². The van der Waals surface area contributed by atoms with Crippen LogP contribution in [0.1, 0.15) is 31.5 Å². The quantitative estimate of drug-likeness (QED) is 0.832. The van der Waals surface area contributed by atoms with Crippen LogP contribution in [0.3, 0.4) is 0 Å². The number of hydrogen-bond acceptors (Lipinski definition) is 4. The van der Waals surface area contributed by atoms with Crippen molar-refractivity contribution in [3.63, 3.8) is 0 Å². The first-order valence-electron chi connectivity index (χ1n) is 5.81. The van der Waals surface area contributed by atoms with Crippen LogP contribution in [0.5, 0.6) is 0 Å². The van der Waals surface area contributed by atoms with Crippen molar-refractivity contribution < 1.29 is 9.90 Å². The SMILES string of the molecule is Cc1ccc(N[C@H](CC(C)C)C(=O)O)nc1C#N. The lowest BCUT2D eigenvalue weighted by Gasteiger charge is -2.17. The molecule has 0 radical (unpaired) electrons. The number of hydrogen-bond donors (Lipinski definition) is 2. The highest BCUT2D eigenvalue weighted by Gasteiger charge is 2.19. The van der Waals surface area contributed by atoms with Crippen molar-refractivity contribution in [1.82, 2.24) is 4.98 Å². The van der Waals surface area contributed by atoms with Gasteiger partial charge in [0.25, 0.3) is 0 Å². The van der Waals surface area contributed by atoms with Crippen molar-refractivity contribution in [2.24, 2.45) is 5.92 Å². The Morgan fingerprint density at radius 3 is 2.72 bits per heavy atom. The predicted molar refractivity (Wildman–Crippen MR) is 68.2 cm³/mol. The zero-order chi connectivity index (χ0) is 13.7. The minimum atomic E-state index is -0.912. The molecule has 0 unspecified atom stereocenters. The molecule has 2 N–H and O–H groups in total. The maximum Gasteiger partial charge on any atom is 0.326 e. The molecule has 0 bridgehead atoms. The van der Waals surface area contributed by atoms with E-state index in [0.717, 1.165) is 5.56 Å². The standard InChI is InChI=1S/C13H17N3O2/c1-8(2)6-10(13(17)18)15-12-5-4-9(3)11(7-14)16-12/h4-5,8,10H,6H2,1-3H3,(H,15,16)(H,17,18)/t10-/m1/s1. The second kappa shape index (κ2) is 6.01. The monoisotopic (exact) mass is 247 g/mol. The number of pyridine rings is 1. The summed E-state index contributed by atoms with van der Waals surface area (Å²) in [5, 5.41) is 20.8. The van der Waals surface area contributed by atoms with Crippen LogP contribution >= 0.6 is 0 Å². The number of carboxylic acids is 1. The average molecular weight is 247 g/mol. The van der Waals surface area contributed by atoms with Gasteiger partial charge in [-0.25, -0.2) is 9.78 Å². The van der Waals surface area contributed by atoms with Gasteiger partial charge in [0.1, 0.15) is 23.6 Å². The van der Waals surface area contributed by atoms with Crippen molar-refractivity contribution in [1.29, 1.82) is 5.26 Å². The molecule has 1 heterocycles. The Morgan fingerprint density at radius 1 is 1.56 bits per heavy atom. The number of rotatable bonds is 5. The molecule has 5 nitrogen and oxygen atoms in total. The van der Waals surface area contributed by atoms with Crippen molar-refractivity contribution in [2.45, 2.75) is 33.2 Å². The number of nitriles is 1. The maximum atomic E-state index is 11.1. The molecule has 0 saturated carbocycles. The fraction of sp³-hybridized carbons (Fsp3) is 0.462. The van der Waals surface area contributed by atoms with Gasteiger partial charge < -0.3 is 10.4 Å². The van der Waals surface area contributed by atoms with Crippen LogP contribution in [-0.2, 0) is 4.79 Å². The molecular weight excluding hydrogens is 230 g/mol. The fourth-order valence-electron chi connectivity index (χ4n) is 1.59. The number of nitrogens with one attached hydrogen (secondary N) is 1. The molecule has 1 rings (SSSR count). The van der Waals surface area contributed by atoms with Gasteiger partial charge in [0.15, 0.2) is 0 Å². The molecule has 5 heteroatoms. The van der Waals surface area contributed by atoms with Gasteiger partial charge in [-0.3, -0.25) is 0 Å². The largest absolute Gasteiger partial charge is 0.480 e. The van der Waals surface area contributed by atoms with E-state index in [2.05, 4.69) is 10.3 Å². The number of anilines is 1. The van der Waals surface area contributed by atoms with Gasteiger partial charge in [-0.2, -0.15) is 5.26 Å². The summed E-state index contributed by atoms with van der Waals surface area (Å²) >= 11 is 0. The summed E-state index contributed by atoms with van der Waals surface area (Å²) in [4.78, 5) is 15.2. The van der Waals surface area contributed by atoms with Gasteiger partial charge in [-0.15, -0.1) is 0 Å². The first kappa shape index (κ1) is 14.0. The molecule has 96 valence electrons. The summed E-state index contributed by atoms with van der Waals surface area (Å²) < 4.78 is 0. The molecule has 1 atom stereocenters. The Kier molecular flexibility index (Phi) is 4.67. The van der Waals surface area contributed by atoms with E-state index >= 15 is 0 Å². The van der Waals surface area contributed by atoms with Crippen molar-refractivity contribution >= 4 is 11.8 Å². The first-order chi connectivity index (χ1) is 8.43. The molecular formula is C13H17N3O2. The highest BCUT2D eigenvalue weighted by molar-refractivity contribution is 5.76. The number of aryl methyl sites for hydroxylation is 1. The van der Waals surface area contributed by atoms with Gasteiger partial charge in [-0.1, -0.05) is 19.9 Å². The van der Waals surface area contributed by atoms with E-state index in [1.54, 1.807) is 19.1 Å². The van der Waals surface area contributed by atoms with E-state index < -0.39 is 12.0 Å². The predicted octanol–water partition coefficient (Wildman–Crippen LogP) is 2.17. The Bertz CT molecular complexity index is 478. The number of aromatic nitrogens is 1. The van der Waals surface area contributed by atoms with E-state index in [1.807, 2.05) is 19.9 Å². The van der Waals surface area contributed by atoms with Crippen LogP contribution in [-0.4, -0.2) is 22.1 Å². The maximum absolute atomic E-state index is 11.1. The summed E-state index contributed by atoms with van der Waals surface area (Å²) in [6.07, 6.45) is 0.507. The summed E-state index contributed by atoms with van der Waals surface area (Å²) in [6, 6.07) is 4.73. The third-order valence-corrected chi connectivity index (χ3v) is 2.53. The zero-order valence-corrected chi connectivity index (χ0v) is 10.8. The molecule has 0 fully saturated rings. The van der Waals surface area contributed by atoms with Gasteiger partial charge in [-0.05, 0) is 30.9 Å². The zero-order valence-electron chi connectivity index (χ0n) is 10.8. The Hall–Kier alpha value is -2.09. The molecule has 0 saturated heterocycles. The van der Waals surface area contributed by atoms with Crippen LogP contribution in [0.2, 0.25) is 0 Å². The van der Waals surface area contributed by atoms with E-state index in [0.29, 0.717) is 17.9 Å². The van der Waals surface area contributed by atoms with Crippen LogP contribution in [0.15, 0.2) is 12.1 Å². The summed E-state index contributed by atoms with van der Waals surface area (Å²) in [5.74, 6) is -0.228. The second-order valence-electron chi connectivity index (χ2n) is 4.64. The minimum Gasteiger partial charge on any atom is -0.480 e. The molecule has 0 aliphatic heterocycles. The van der Waals surface area contributed by atoms with Crippen molar-refractivity contribution in [3.8, 4) is 6.07 Å². The molecule has 0 amide bonds. The number of carboxylic acid groups (broad SMARTS) is 1. The average Bonchev–Trinajstić information content (AvgIpc) is 2.29. The Balaban J connectivity index is 2.88. The van der Waals surface area contributed by atoms with E-state index in [-0.39, 0.29) is 5.92 Å². The van der Waals surface area contributed by atoms with Crippen LogP contribution in [0.25, 0.3) is 0 Å². The van der Waals surface area contributed by atoms with Crippen LogP contribution in [0.4, 0.5) is 5.82 Å². The first-order valence-corrected chi connectivity index (χ1v) is 5.81. The van der Waals surface area contributed by atoms with Crippen LogP contribution in [0, 0.1) is 24.2 Å². The normalized spacial score (nSPS) is 11.9. The van der Waals surface area contributed by atoms with Gasteiger partial charge in [0.05, 0.1) is 0 Å². The number of nitrogens with zero attached hydrogens (tertiary/aromatic N) is 2. The number of aliphatic carboxylic acids is 1. The Labute approximate surface area is 106 Å². The summed E-state index contributed by atoms with van der Waals surface area (Å²) in [6.45, 7) is 5.71. The third-order valence-electron chi connectivity index (χ3n) is 2.53. The smallest absolute Gasteiger partial charge is 0.326 e. The lowest BCUT2D eigenvalue weighted by Crippen LogP contribution is -2.31. The molecule has 0 aromatic carbocycles. The molecule has 1 aromatic heterocycles. The molecule has 0 aliphatic rings. The van der Waals surface area contributed by atoms with E-state index in [1.165, 1.54) is 0 Å². The molecule has 18 heavy (non-hydrogen) atoms. The summed E-state index contributed by atoms with van der Waals surface area (Å²) in [5.41, 5.74) is 1.09. The molecule has 0 aliphatic carbocycles. The topological polar surface area (TPSA) is 86.0 Å². The molecule has 1 aromatic rings. The highest BCUT2D eigenvalue weighted by Crippen LogP contribution is 2.14. The van der Waals surface area contributed by atoms with Crippen molar-refractivity contribution in [2.75, 3.05) is 5.32 Å². The third kappa shape index (κ3) is 3.74. The molecule has 0 spiro atoms. The Morgan fingerprint density at radius 2 is 2.22 bits per heavy atom. The van der Waals surface area contributed by atoms with Crippen LogP contribution < -0.4 is 5.32 Å². The van der Waals surface area contributed by atoms with Crippen molar-refractivity contribution in [3.05, 3.63) is 23.4 Å². The van der Waals surface area contributed by atoms with Gasteiger partial charge in [0.2, 0.25) is 0 Å². The summed E-state index contributed by atoms with van der Waals surface area (Å²) in [7, 11) is 0.